The van der Waals surface area contributed by atoms with E-state index in [-0.39, 0.29) is 19.0 Å². The Bertz CT molecular complexity index is 2790. The average Bonchev–Trinajstić information content (AvgIpc) is 3.24. The van der Waals surface area contributed by atoms with Gasteiger partial charge in [-0.15, -0.1) is 0 Å². The topological polar surface area (TPSA) is 150 Å². The highest BCUT2D eigenvalue weighted by atomic mass is 16.5. The number of esters is 1. The van der Waals surface area contributed by atoms with Crippen LogP contribution in [0.25, 0.3) is 43.6 Å². The lowest BCUT2D eigenvalue weighted by molar-refractivity contribution is -0.146. The summed E-state index contributed by atoms with van der Waals surface area (Å²) >= 11 is 0. The van der Waals surface area contributed by atoms with Gasteiger partial charge in [0.15, 0.2) is 11.6 Å². The maximum atomic E-state index is 12.5. The molecule has 0 fully saturated rings. The SMILES string of the molecule is Cc1ccc2c(c1)nc(N)c1ncc(CCc3ccc(CCCC(O)COC(=O)CCc4ccc(CCc5cnc6c(N)nc7cc(C)ccc7c6c5)cc4)cc3)cc12. The first kappa shape index (κ1) is 39.4. The van der Waals surface area contributed by atoms with Gasteiger partial charge in [0, 0.05) is 40.4 Å². The number of aromatic nitrogens is 4. The van der Waals surface area contributed by atoms with Gasteiger partial charge in [-0.2, -0.15) is 0 Å². The monoisotopic (exact) mass is 782 g/mol. The summed E-state index contributed by atoms with van der Waals surface area (Å²) < 4.78 is 5.42. The molecule has 5 N–H and O–H groups in total. The third kappa shape index (κ3) is 9.48. The van der Waals surface area contributed by atoms with Crippen molar-refractivity contribution in [1.82, 2.24) is 19.9 Å². The highest BCUT2D eigenvalue weighted by Gasteiger charge is 2.13. The molecule has 9 nitrogen and oxygen atoms in total. The van der Waals surface area contributed by atoms with Gasteiger partial charge in [-0.1, -0.05) is 72.8 Å². The third-order valence-electron chi connectivity index (χ3n) is 11.3. The molecule has 0 amide bonds. The molecule has 9 heteroatoms. The molecule has 0 aliphatic heterocycles. The number of fused-ring (bicyclic) bond motifs is 6. The second-order valence-electron chi connectivity index (χ2n) is 15.9. The number of nitrogens with two attached hydrogens (primary N) is 2. The fraction of sp³-hybridized carbons (Fsp3) is 0.260. The van der Waals surface area contributed by atoms with Gasteiger partial charge < -0.3 is 21.3 Å². The molecular formula is C50H50N6O3. The van der Waals surface area contributed by atoms with Crippen molar-refractivity contribution in [3.8, 4) is 0 Å². The number of carbonyl (C=O) groups is 1. The van der Waals surface area contributed by atoms with Crippen LogP contribution in [-0.4, -0.2) is 43.7 Å². The molecule has 0 saturated carbocycles. The standard InChI is InChI=1S/C50H50N6O3/c1-31-6-21-40-42-26-37(28-53-47(42)49(51)55-44(40)24-31)18-16-34-10-8-33(9-11-34)4-3-5-39(57)30-59-46(58)23-20-36-14-12-35(13-15-36)17-19-38-27-43-41-22-7-32(2)25-45(41)56-50(52)48(43)54-29-38/h6-15,21-22,24-29,39,57H,3-5,16-20,23,30H2,1-2H3,(H2,51,55)(H2,52,56). The molecule has 0 spiro atoms. The van der Waals surface area contributed by atoms with Crippen molar-refractivity contribution in [2.24, 2.45) is 0 Å². The largest absolute Gasteiger partial charge is 0.463 e. The predicted octanol–water partition coefficient (Wildman–Crippen LogP) is 9.09. The van der Waals surface area contributed by atoms with E-state index in [1.807, 2.05) is 12.4 Å². The third-order valence-corrected chi connectivity index (χ3v) is 11.3. The summed E-state index contributed by atoms with van der Waals surface area (Å²) in [6, 6.07) is 33.9. The maximum Gasteiger partial charge on any atom is 0.306 e. The summed E-state index contributed by atoms with van der Waals surface area (Å²) in [7, 11) is 0. The number of carbonyl (C=O) groups excluding carboxylic acids is 1. The summed E-state index contributed by atoms with van der Waals surface area (Å²) in [5.41, 5.74) is 25.1. The van der Waals surface area contributed by atoms with E-state index in [2.05, 4.69) is 131 Å². The van der Waals surface area contributed by atoms with Gasteiger partial charge in [0.05, 0.1) is 17.1 Å². The molecule has 4 aromatic carbocycles. The lowest BCUT2D eigenvalue weighted by Crippen LogP contribution is -2.19. The van der Waals surface area contributed by atoms with E-state index in [4.69, 9.17) is 16.2 Å². The fourth-order valence-corrected chi connectivity index (χ4v) is 7.85. The first-order valence-corrected chi connectivity index (χ1v) is 20.5. The number of hydrogen-bond donors (Lipinski definition) is 3. The number of rotatable bonds is 15. The van der Waals surface area contributed by atoms with Crippen LogP contribution in [0.5, 0.6) is 0 Å². The van der Waals surface area contributed by atoms with Crippen LogP contribution in [0.4, 0.5) is 11.6 Å². The molecule has 4 heterocycles. The van der Waals surface area contributed by atoms with Crippen LogP contribution in [0.15, 0.2) is 109 Å². The number of anilines is 2. The molecular weight excluding hydrogens is 733 g/mol. The molecule has 59 heavy (non-hydrogen) atoms. The van der Waals surface area contributed by atoms with Crippen molar-refractivity contribution in [3.05, 3.63) is 154 Å². The van der Waals surface area contributed by atoms with Gasteiger partial charge in [0.2, 0.25) is 0 Å². The van der Waals surface area contributed by atoms with Crippen LogP contribution < -0.4 is 11.5 Å². The van der Waals surface area contributed by atoms with E-state index in [0.29, 0.717) is 24.5 Å². The van der Waals surface area contributed by atoms with Crippen LogP contribution in [0.2, 0.25) is 0 Å². The summed E-state index contributed by atoms with van der Waals surface area (Å²) in [4.78, 5) is 30.9. The first-order valence-electron chi connectivity index (χ1n) is 20.5. The van der Waals surface area contributed by atoms with Crippen molar-refractivity contribution in [2.75, 3.05) is 18.1 Å². The molecule has 0 aliphatic rings. The number of aryl methyl sites for hydroxylation is 8. The number of aliphatic hydroxyl groups is 1. The van der Waals surface area contributed by atoms with E-state index in [9.17, 15) is 9.90 Å². The van der Waals surface area contributed by atoms with Crippen molar-refractivity contribution in [3.63, 3.8) is 0 Å². The number of nitrogen functional groups attached to an aromatic ring is 2. The van der Waals surface area contributed by atoms with Gasteiger partial charge in [0.1, 0.15) is 17.6 Å². The zero-order valence-corrected chi connectivity index (χ0v) is 33.7. The first-order chi connectivity index (χ1) is 28.6. The highest BCUT2D eigenvalue weighted by molar-refractivity contribution is 6.09. The number of benzene rings is 4. The summed E-state index contributed by atoms with van der Waals surface area (Å²) in [5, 5.41) is 14.7. The number of hydrogen-bond acceptors (Lipinski definition) is 9. The van der Waals surface area contributed by atoms with Gasteiger partial charge in [-0.3, -0.25) is 14.8 Å². The normalized spacial score (nSPS) is 12.1. The van der Waals surface area contributed by atoms with Gasteiger partial charge in [0.25, 0.3) is 0 Å². The Morgan fingerprint density at radius 2 is 1.02 bits per heavy atom. The lowest BCUT2D eigenvalue weighted by atomic mass is 10.00. The maximum absolute atomic E-state index is 12.5. The van der Waals surface area contributed by atoms with Crippen LogP contribution in [0, 0.1) is 13.8 Å². The minimum absolute atomic E-state index is 0.0149. The molecule has 8 rings (SSSR count). The van der Waals surface area contributed by atoms with Crippen LogP contribution in [0.3, 0.4) is 0 Å². The van der Waals surface area contributed by atoms with Gasteiger partial charge >= 0.3 is 5.97 Å². The molecule has 8 aromatic rings. The minimum atomic E-state index is -0.685. The molecule has 298 valence electrons. The smallest absolute Gasteiger partial charge is 0.306 e. The van der Waals surface area contributed by atoms with E-state index in [0.717, 1.165) is 110 Å². The van der Waals surface area contributed by atoms with Crippen molar-refractivity contribution in [1.29, 1.82) is 0 Å². The van der Waals surface area contributed by atoms with Crippen molar-refractivity contribution < 1.29 is 14.6 Å². The Labute approximate surface area is 344 Å². The second-order valence-corrected chi connectivity index (χ2v) is 15.9. The van der Waals surface area contributed by atoms with E-state index >= 15 is 0 Å². The molecule has 1 unspecified atom stereocenters. The molecule has 4 aromatic heterocycles. The molecule has 1 atom stereocenters. The molecule has 0 bridgehead atoms. The van der Waals surface area contributed by atoms with Crippen LogP contribution >= 0.6 is 0 Å². The summed E-state index contributed by atoms with van der Waals surface area (Å²) in [5.74, 6) is 0.614. The Morgan fingerprint density at radius 1 is 0.576 bits per heavy atom. The zero-order valence-electron chi connectivity index (χ0n) is 33.7. The van der Waals surface area contributed by atoms with Crippen LogP contribution in [0.1, 0.15) is 63.8 Å². The number of ether oxygens (including phenoxy) is 1. The lowest BCUT2D eigenvalue weighted by Gasteiger charge is -2.12. The number of nitrogens with zero attached hydrogens (tertiary/aromatic N) is 4. The molecule has 0 aliphatic carbocycles. The minimum Gasteiger partial charge on any atom is -0.463 e. The predicted molar refractivity (Wildman–Crippen MR) is 238 cm³/mol. The molecule has 0 radical (unpaired) electrons. The van der Waals surface area contributed by atoms with E-state index < -0.39 is 6.10 Å². The Hall–Kier alpha value is -6.45. The van der Waals surface area contributed by atoms with E-state index in [1.54, 1.807) is 0 Å². The van der Waals surface area contributed by atoms with E-state index in [1.165, 1.54) is 16.7 Å². The average molecular weight is 783 g/mol. The van der Waals surface area contributed by atoms with Gasteiger partial charge in [-0.05, 0) is 134 Å². The summed E-state index contributed by atoms with van der Waals surface area (Å²) in [6.45, 7) is 4.12. The number of aliphatic hydroxyl groups excluding tert-OH is 1. The fourth-order valence-electron chi connectivity index (χ4n) is 7.85. The Kier molecular flexibility index (Phi) is 11.7. The zero-order chi connectivity index (χ0) is 40.9. The summed E-state index contributed by atoms with van der Waals surface area (Å²) in [6.07, 6.45) is 9.67. The Balaban J connectivity index is 0.733. The molecule has 0 saturated heterocycles. The quantitative estimate of drug-likeness (QED) is 0.0684. The number of pyridine rings is 4. The highest BCUT2D eigenvalue weighted by Crippen LogP contribution is 2.30. The van der Waals surface area contributed by atoms with Crippen molar-refractivity contribution in [2.45, 2.75) is 77.7 Å². The van der Waals surface area contributed by atoms with Crippen molar-refractivity contribution >= 4 is 61.2 Å². The second kappa shape index (κ2) is 17.6. The van der Waals surface area contributed by atoms with Crippen LogP contribution in [-0.2, 0) is 48.1 Å². The van der Waals surface area contributed by atoms with Gasteiger partial charge in [-0.25, -0.2) is 9.97 Å². The Morgan fingerprint density at radius 3 is 1.51 bits per heavy atom.